The summed E-state index contributed by atoms with van der Waals surface area (Å²) in [6.07, 6.45) is 22.4. The first-order valence-electron chi connectivity index (χ1n) is 12.6. The number of rotatable bonds is 13. The van der Waals surface area contributed by atoms with E-state index in [4.69, 9.17) is 0 Å². The molecular weight excluding hydrogens is 376 g/mol. The van der Waals surface area contributed by atoms with E-state index in [9.17, 15) is 0 Å². The Labute approximate surface area is 190 Å². The summed E-state index contributed by atoms with van der Waals surface area (Å²) in [5.74, 6) is 0. The van der Waals surface area contributed by atoms with Gasteiger partial charge >= 0.3 is 0 Å². The number of aryl methyl sites for hydroxylation is 3. The second-order valence-electron chi connectivity index (χ2n) is 9.13. The molecule has 0 radical (unpaired) electrons. The maximum absolute atomic E-state index is 2.39. The van der Waals surface area contributed by atoms with Crippen molar-refractivity contribution in [2.45, 2.75) is 98.1 Å². The predicted molar refractivity (Wildman–Crippen MR) is 132 cm³/mol. The van der Waals surface area contributed by atoms with Crippen molar-refractivity contribution in [1.82, 2.24) is 0 Å². The van der Waals surface area contributed by atoms with E-state index in [1.807, 2.05) is 0 Å². The molecule has 2 nitrogen and oxygen atoms in total. The summed E-state index contributed by atoms with van der Waals surface area (Å²) in [5.41, 5.74) is 3.98. The van der Waals surface area contributed by atoms with Crippen molar-refractivity contribution in [3.8, 4) is 11.1 Å². The van der Waals surface area contributed by atoms with Crippen molar-refractivity contribution in [1.29, 1.82) is 0 Å². The normalized spacial score (nSPS) is 11.3. The first-order valence-corrected chi connectivity index (χ1v) is 12.6. The summed E-state index contributed by atoms with van der Waals surface area (Å²) in [5, 5.41) is 2.71. The van der Waals surface area contributed by atoms with Gasteiger partial charge in [0.15, 0.2) is 24.8 Å². The van der Waals surface area contributed by atoms with Crippen molar-refractivity contribution in [3.63, 3.8) is 0 Å². The fourth-order valence-corrected chi connectivity index (χ4v) is 4.47. The van der Waals surface area contributed by atoms with Crippen LogP contribution < -0.4 is 9.13 Å². The highest BCUT2D eigenvalue weighted by molar-refractivity contribution is 5.88. The standard InChI is InChI=1S/C29H42N2/c1-4-6-8-10-12-18-30-20-16-26(17-21-30)27-14-15-29-25(3)23-31(24-28(29)22-27)19-13-11-9-7-5-2/h14-17,20-24H,4-13,18-19H2,1-3H3/q+2. The zero-order valence-corrected chi connectivity index (χ0v) is 20.1. The third-order valence-electron chi connectivity index (χ3n) is 6.40. The lowest BCUT2D eigenvalue weighted by molar-refractivity contribution is -0.697. The second-order valence-corrected chi connectivity index (χ2v) is 9.13. The number of nitrogens with zero attached hydrogens (tertiary/aromatic N) is 2. The van der Waals surface area contributed by atoms with Gasteiger partial charge in [-0.1, -0.05) is 64.5 Å². The van der Waals surface area contributed by atoms with Gasteiger partial charge in [-0.2, -0.15) is 0 Å². The maximum Gasteiger partial charge on any atom is 0.176 e. The fourth-order valence-electron chi connectivity index (χ4n) is 4.47. The molecule has 0 amide bonds. The zero-order valence-electron chi connectivity index (χ0n) is 20.1. The molecule has 31 heavy (non-hydrogen) atoms. The number of hydrogen-bond acceptors (Lipinski definition) is 0. The minimum Gasteiger partial charge on any atom is -0.205 e. The predicted octanol–water partition coefficient (Wildman–Crippen LogP) is 7.33. The van der Waals surface area contributed by atoms with Crippen LogP contribution in [0.2, 0.25) is 0 Å². The third-order valence-corrected chi connectivity index (χ3v) is 6.40. The first kappa shape index (κ1) is 23.4. The largest absolute Gasteiger partial charge is 0.205 e. The number of hydrogen-bond donors (Lipinski definition) is 0. The molecule has 0 aliphatic heterocycles. The number of pyridine rings is 2. The van der Waals surface area contributed by atoms with Crippen LogP contribution in [0.5, 0.6) is 0 Å². The molecule has 0 spiro atoms. The first-order chi connectivity index (χ1) is 15.2. The molecule has 0 aliphatic rings. The summed E-state index contributed by atoms with van der Waals surface area (Å²) in [6.45, 7) is 9.03. The number of unbranched alkanes of at least 4 members (excludes halogenated alkanes) is 8. The SMILES string of the molecule is CCCCCCC[n+]1ccc(-c2ccc3c(C)c[n+](CCCCCCC)cc3c2)cc1. The maximum atomic E-state index is 2.39. The van der Waals surface area contributed by atoms with Crippen molar-refractivity contribution in [2.24, 2.45) is 0 Å². The smallest absolute Gasteiger partial charge is 0.176 e. The van der Waals surface area contributed by atoms with E-state index in [2.05, 4.69) is 85.0 Å². The van der Waals surface area contributed by atoms with Crippen LogP contribution in [0.25, 0.3) is 21.9 Å². The van der Waals surface area contributed by atoms with E-state index < -0.39 is 0 Å². The zero-order chi connectivity index (χ0) is 21.9. The van der Waals surface area contributed by atoms with E-state index in [1.165, 1.54) is 91.7 Å². The Morgan fingerprint density at radius 3 is 1.87 bits per heavy atom. The molecule has 0 fully saturated rings. The minimum absolute atomic E-state index is 1.12. The van der Waals surface area contributed by atoms with Gasteiger partial charge < -0.3 is 0 Å². The number of fused-ring (bicyclic) bond motifs is 1. The number of benzene rings is 1. The van der Waals surface area contributed by atoms with E-state index in [-0.39, 0.29) is 0 Å². The molecule has 2 aromatic heterocycles. The van der Waals surface area contributed by atoms with Gasteiger partial charge in [-0.25, -0.2) is 9.13 Å². The van der Waals surface area contributed by atoms with Crippen LogP contribution in [0.1, 0.15) is 83.6 Å². The third kappa shape index (κ3) is 7.16. The molecule has 166 valence electrons. The molecule has 2 heterocycles. The van der Waals surface area contributed by atoms with E-state index >= 15 is 0 Å². The van der Waals surface area contributed by atoms with Crippen LogP contribution in [-0.2, 0) is 13.1 Å². The van der Waals surface area contributed by atoms with Crippen molar-refractivity contribution >= 4 is 10.8 Å². The van der Waals surface area contributed by atoms with Crippen molar-refractivity contribution < 1.29 is 9.13 Å². The quantitative estimate of drug-likeness (QED) is 0.203. The van der Waals surface area contributed by atoms with Crippen molar-refractivity contribution in [3.05, 3.63) is 60.7 Å². The van der Waals surface area contributed by atoms with Gasteiger partial charge in [0, 0.05) is 35.9 Å². The van der Waals surface area contributed by atoms with Crippen LogP contribution in [0.3, 0.4) is 0 Å². The Hall–Kier alpha value is -2.22. The van der Waals surface area contributed by atoms with Crippen LogP contribution in [-0.4, -0.2) is 0 Å². The second kappa shape index (κ2) is 12.6. The summed E-state index contributed by atoms with van der Waals surface area (Å²) in [6, 6.07) is 11.5. The fraction of sp³-hybridized carbons (Fsp3) is 0.517. The van der Waals surface area contributed by atoms with Gasteiger partial charge in [0.1, 0.15) is 13.1 Å². The lowest BCUT2D eigenvalue weighted by Gasteiger charge is -2.06. The van der Waals surface area contributed by atoms with E-state index in [0.717, 1.165) is 13.1 Å². The summed E-state index contributed by atoms with van der Waals surface area (Å²) in [7, 11) is 0. The van der Waals surface area contributed by atoms with Gasteiger partial charge in [0.05, 0.1) is 0 Å². The van der Waals surface area contributed by atoms with Crippen LogP contribution in [0.4, 0.5) is 0 Å². The van der Waals surface area contributed by atoms with Gasteiger partial charge in [0.2, 0.25) is 0 Å². The minimum atomic E-state index is 1.12. The molecule has 0 unspecified atom stereocenters. The Bertz CT molecular complexity index is 927. The topological polar surface area (TPSA) is 7.76 Å². The lowest BCUT2D eigenvalue weighted by Crippen LogP contribution is -2.33. The molecule has 0 N–H and O–H groups in total. The molecule has 1 aromatic carbocycles. The Balaban J connectivity index is 1.66. The molecular formula is C29H42N2+2. The summed E-state index contributed by atoms with van der Waals surface area (Å²) in [4.78, 5) is 0. The van der Waals surface area contributed by atoms with E-state index in [0.29, 0.717) is 0 Å². The molecule has 0 aliphatic carbocycles. The highest BCUT2D eigenvalue weighted by atomic mass is 14.9. The molecule has 0 saturated carbocycles. The Kier molecular flexibility index (Phi) is 9.52. The average molecular weight is 419 g/mol. The van der Waals surface area contributed by atoms with Gasteiger partial charge in [-0.3, -0.25) is 0 Å². The molecule has 2 heteroatoms. The van der Waals surface area contributed by atoms with E-state index in [1.54, 1.807) is 0 Å². The van der Waals surface area contributed by atoms with Crippen LogP contribution in [0, 0.1) is 6.92 Å². The van der Waals surface area contributed by atoms with Crippen LogP contribution >= 0.6 is 0 Å². The monoisotopic (exact) mass is 418 g/mol. The van der Waals surface area contributed by atoms with Crippen molar-refractivity contribution in [2.75, 3.05) is 0 Å². The molecule has 3 rings (SSSR count). The summed E-state index contributed by atoms with van der Waals surface area (Å²) >= 11 is 0. The molecule has 0 bridgehead atoms. The summed E-state index contributed by atoms with van der Waals surface area (Å²) < 4.78 is 4.72. The molecule has 0 atom stereocenters. The number of aromatic nitrogens is 2. The van der Waals surface area contributed by atoms with Gasteiger partial charge in [-0.05, 0) is 42.3 Å². The Morgan fingerprint density at radius 1 is 0.613 bits per heavy atom. The van der Waals surface area contributed by atoms with Crippen LogP contribution in [0.15, 0.2) is 55.1 Å². The van der Waals surface area contributed by atoms with Gasteiger partial charge in [-0.15, -0.1) is 0 Å². The molecule has 3 aromatic rings. The van der Waals surface area contributed by atoms with Gasteiger partial charge in [0.25, 0.3) is 0 Å². The highest BCUT2D eigenvalue weighted by Gasteiger charge is 2.10. The Morgan fingerprint density at radius 2 is 1.23 bits per heavy atom. The lowest BCUT2D eigenvalue weighted by atomic mass is 10.0. The highest BCUT2D eigenvalue weighted by Crippen LogP contribution is 2.24. The molecule has 0 saturated heterocycles. The average Bonchev–Trinajstić information content (AvgIpc) is 2.79.